The molecule has 0 radical (unpaired) electrons. The van der Waals surface area contributed by atoms with E-state index in [0.29, 0.717) is 0 Å². The van der Waals surface area contributed by atoms with Crippen LogP contribution in [0.3, 0.4) is 0 Å². The van der Waals surface area contributed by atoms with E-state index in [0.717, 1.165) is 22.0 Å². The molecule has 0 aliphatic rings. The van der Waals surface area contributed by atoms with Crippen LogP contribution < -0.4 is 0 Å². The van der Waals surface area contributed by atoms with Crippen molar-refractivity contribution in [2.45, 2.75) is 26.2 Å². The quantitative estimate of drug-likeness (QED) is 0.710. The van der Waals surface area contributed by atoms with E-state index in [1.54, 1.807) is 0 Å². The molecule has 2 heteroatoms. The first-order valence-corrected chi connectivity index (χ1v) is 6.09. The van der Waals surface area contributed by atoms with Gasteiger partial charge in [-0.3, -0.25) is 4.98 Å². The Hall–Kier alpha value is -1.34. The van der Waals surface area contributed by atoms with Gasteiger partial charge in [0.25, 0.3) is 0 Å². The number of aromatic nitrogens is 1. The number of rotatable bonds is 1. The highest BCUT2D eigenvalue weighted by Crippen LogP contribution is 2.28. The van der Waals surface area contributed by atoms with Crippen LogP contribution in [0.1, 0.15) is 26.5 Å². The lowest BCUT2D eigenvalue weighted by molar-refractivity contribution is 0.570. The molecule has 0 N–H and O–H groups in total. The molecule has 0 aliphatic carbocycles. The molecule has 0 atom stereocenters. The molecule has 88 valence electrons. The highest BCUT2D eigenvalue weighted by molar-refractivity contribution is 6.33. The number of hydrogen-bond donors (Lipinski definition) is 0. The number of hydrogen-bond acceptors (Lipinski definition) is 1. The molecule has 0 amide bonds. The highest BCUT2D eigenvalue weighted by atomic mass is 35.5. The van der Waals surface area contributed by atoms with Gasteiger partial charge < -0.3 is 0 Å². The second-order valence-corrected chi connectivity index (χ2v) is 5.55. The molecule has 1 aromatic carbocycles. The minimum absolute atomic E-state index is 0.0528. The van der Waals surface area contributed by atoms with Gasteiger partial charge in [0.2, 0.25) is 0 Å². The summed E-state index contributed by atoms with van der Waals surface area (Å²) in [7, 11) is 0. The van der Waals surface area contributed by atoms with Crippen LogP contribution in [0.2, 0.25) is 5.02 Å². The van der Waals surface area contributed by atoms with Crippen molar-refractivity contribution in [3.05, 3.63) is 53.2 Å². The van der Waals surface area contributed by atoms with Gasteiger partial charge in [-0.2, -0.15) is 0 Å². The van der Waals surface area contributed by atoms with Gasteiger partial charge in [-0.1, -0.05) is 56.6 Å². The smallest absolute Gasteiger partial charge is 0.0720 e. The minimum Gasteiger partial charge on any atom is -0.252 e. The van der Waals surface area contributed by atoms with Crippen LogP contribution >= 0.6 is 11.6 Å². The standard InChI is InChI=1S/C15H16ClN/c1-15(2,3)14-10-6-9-13(17-14)11-7-4-5-8-12(11)16/h4-10H,1-3H3. The molecule has 1 nitrogen and oxygen atoms in total. The third-order valence-electron chi connectivity index (χ3n) is 2.67. The molecule has 0 aliphatic heterocycles. The summed E-state index contributed by atoms with van der Waals surface area (Å²) in [5.41, 5.74) is 3.05. The first-order chi connectivity index (χ1) is 7.98. The molecule has 2 aromatic rings. The van der Waals surface area contributed by atoms with Gasteiger partial charge >= 0.3 is 0 Å². The van der Waals surface area contributed by atoms with Crippen molar-refractivity contribution >= 4 is 11.6 Å². The molecule has 0 fully saturated rings. The number of benzene rings is 1. The Bertz CT molecular complexity index is 526. The number of pyridine rings is 1. The molecule has 0 saturated heterocycles. The Morgan fingerprint density at radius 1 is 0.941 bits per heavy atom. The van der Waals surface area contributed by atoms with Gasteiger partial charge in [0, 0.05) is 21.7 Å². The predicted molar refractivity (Wildman–Crippen MR) is 73.4 cm³/mol. The van der Waals surface area contributed by atoms with Gasteiger partial charge in [-0.25, -0.2) is 0 Å². The van der Waals surface area contributed by atoms with E-state index in [2.05, 4.69) is 26.8 Å². The molecule has 2 rings (SSSR count). The molecule has 1 aromatic heterocycles. The van der Waals surface area contributed by atoms with E-state index < -0.39 is 0 Å². The SMILES string of the molecule is CC(C)(C)c1cccc(-c2ccccc2Cl)n1. The lowest BCUT2D eigenvalue weighted by Crippen LogP contribution is -2.13. The van der Waals surface area contributed by atoms with E-state index in [4.69, 9.17) is 16.6 Å². The normalized spacial score (nSPS) is 11.5. The first kappa shape index (κ1) is 12.1. The largest absolute Gasteiger partial charge is 0.252 e. The van der Waals surface area contributed by atoms with E-state index in [1.165, 1.54) is 0 Å². The molecular weight excluding hydrogens is 230 g/mol. The van der Waals surface area contributed by atoms with Crippen molar-refractivity contribution in [1.29, 1.82) is 0 Å². The van der Waals surface area contributed by atoms with Crippen LogP contribution in [0.15, 0.2) is 42.5 Å². The van der Waals surface area contributed by atoms with E-state index in [1.807, 2.05) is 36.4 Å². The molecule has 0 saturated carbocycles. The average molecular weight is 246 g/mol. The van der Waals surface area contributed by atoms with Crippen molar-refractivity contribution in [1.82, 2.24) is 4.98 Å². The summed E-state index contributed by atoms with van der Waals surface area (Å²) in [6.07, 6.45) is 0. The van der Waals surface area contributed by atoms with Crippen molar-refractivity contribution in [3.63, 3.8) is 0 Å². The Morgan fingerprint density at radius 3 is 2.29 bits per heavy atom. The Balaban J connectivity index is 2.51. The fourth-order valence-corrected chi connectivity index (χ4v) is 1.90. The maximum Gasteiger partial charge on any atom is 0.0720 e. The maximum atomic E-state index is 6.19. The van der Waals surface area contributed by atoms with Crippen LogP contribution in [0.5, 0.6) is 0 Å². The van der Waals surface area contributed by atoms with Crippen molar-refractivity contribution in [2.75, 3.05) is 0 Å². The lowest BCUT2D eigenvalue weighted by atomic mass is 9.91. The summed E-state index contributed by atoms with van der Waals surface area (Å²) in [6.45, 7) is 6.48. The summed E-state index contributed by atoms with van der Waals surface area (Å²) < 4.78 is 0. The van der Waals surface area contributed by atoms with Gasteiger partial charge in [0.05, 0.1) is 5.69 Å². The van der Waals surface area contributed by atoms with Gasteiger partial charge in [-0.15, -0.1) is 0 Å². The van der Waals surface area contributed by atoms with Crippen molar-refractivity contribution < 1.29 is 0 Å². The summed E-state index contributed by atoms with van der Waals surface area (Å²) in [5, 5.41) is 0.742. The zero-order valence-corrected chi connectivity index (χ0v) is 11.1. The zero-order chi connectivity index (χ0) is 12.5. The van der Waals surface area contributed by atoms with E-state index >= 15 is 0 Å². The van der Waals surface area contributed by atoms with Crippen LogP contribution in [0.4, 0.5) is 0 Å². The molecule has 0 spiro atoms. The molecular formula is C15H16ClN. The van der Waals surface area contributed by atoms with Gasteiger partial charge in [-0.05, 0) is 18.2 Å². The molecule has 17 heavy (non-hydrogen) atoms. The summed E-state index contributed by atoms with van der Waals surface area (Å²) >= 11 is 6.19. The first-order valence-electron chi connectivity index (χ1n) is 5.71. The Labute approximate surface area is 107 Å². The minimum atomic E-state index is 0.0528. The van der Waals surface area contributed by atoms with Crippen LogP contribution in [-0.4, -0.2) is 4.98 Å². The fourth-order valence-electron chi connectivity index (χ4n) is 1.67. The molecule has 0 unspecified atom stereocenters. The van der Waals surface area contributed by atoms with Crippen LogP contribution in [0.25, 0.3) is 11.3 Å². The maximum absolute atomic E-state index is 6.19. The molecule has 0 bridgehead atoms. The zero-order valence-electron chi connectivity index (χ0n) is 10.4. The monoisotopic (exact) mass is 245 g/mol. The van der Waals surface area contributed by atoms with Crippen molar-refractivity contribution in [2.24, 2.45) is 0 Å². The number of nitrogens with zero attached hydrogens (tertiary/aromatic N) is 1. The molecule has 1 heterocycles. The van der Waals surface area contributed by atoms with Crippen molar-refractivity contribution in [3.8, 4) is 11.3 Å². The van der Waals surface area contributed by atoms with Crippen LogP contribution in [0, 0.1) is 0 Å². The summed E-state index contributed by atoms with van der Waals surface area (Å²) in [6, 6.07) is 13.9. The lowest BCUT2D eigenvalue weighted by Gasteiger charge is -2.18. The topological polar surface area (TPSA) is 12.9 Å². The predicted octanol–water partition coefficient (Wildman–Crippen LogP) is 4.70. The van der Waals surface area contributed by atoms with Crippen LogP contribution in [-0.2, 0) is 5.41 Å². The Morgan fingerprint density at radius 2 is 1.65 bits per heavy atom. The summed E-state index contributed by atoms with van der Waals surface area (Å²) in [4.78, 5) is 4.69. The third-order valence-corrected chi connectivity index (χ3v) is 3.00. The van der Waals surface area contributed by atoms with Gasteiger partial charge in [0.1, 0.15) is 0 Å². The van der Waals surface area contributed by atoms with E-state index in [9.17, 15) is 0 Å². The average Bonchev–Trinajstić information content (AvgIpc) is 2.29. The third kappa shape index (κ3) is 2.67. The van der Waals surface area contributed by atoms with Gasteiger partial charge in [0.15, 0.2) is 0 Å². The fraction of sp³-hybridized carbons (Fsp3) is 0.267. The second kappa shape index (κ2) is 4.50. The Kier molecular flexibility index (Phi) is 3.21. The highest BCUT2D eigenvalue weighted by Gasteiger charge is 2.16. The number of halogens is 1. The second-order valence-electron chi connectivity index (χ2n) is 5.14. The summed E-state index contributed by atoms with van der Waals surface area (Å²) in [5.74, 6) is 0. The van der Waals surface area contributed by atoms with E-state index in [-0.39, 0.29) is 5.41 Å².